The third kappa shape index (κ3) is 5.68. The van der Waals surface area contributed by atoms with Crippen LogP contribution in [0, 0.1) is 5.92 Å². The molecule has 1 heterocycles. The molecule has 1 amide bonds. The van der Waals surface area contributed by atoms with Crippen molar-refractivity contribution in [3.05, 3.63) is 29.3 Å². The van der Waals surface area contributed by atoms with Crippen LogP contribution < -0.4 is 10.1 Å². The molecule has 1 fully saturated rings. The number of nitrogens with zero attached hydrogens (tertiary/aromatic N) is 2. The van der Waals surface area contributed by atoms with Crippen molar-refractivity contribution in [3.8, 4) is 5.75 Å². The summed E-state index contributed by atoms with van der Waals surface area (Å²) in [6.07, 6.45) is 0. The molecule has 2 rings (SSSR count). The number of ether oxygens (including phenoxy) is 1. The molecule has 1 unspecified atom stereocenters. The fraction of sp³-hybridized carbons (Fsp3) is 0.588. The molecule has 0 spiro atoms. The molecule has 1 aromatic rings. The lowest BCUT2D eigenvalue weighted by atomic mass is 10.1. The van der Waals surface area contributed by atoms with Gasteiger partial charge in [0, 0.05) is 50.2 Å². The van der Waals surface area contributed by atoms with Gasteiger partial charge in [0.05, 0.1) is 0 Å². The van der Waals surface area contributed by atoms with Crippen molar-refractivity contribution < 1.29 is 9.53 Å². The van der Waals surface area contributed by atoms with Gasteiger partial charge in [0.2, 0.25) is 5.91 Å². The van der Waals surface area contributed by atoms with E-state index in [9.17, 15) is 4.79 Å². The molecule has 23 heavy (non-hydrogen) atoms. The van der Waals surface area contributed by atoms with Gasteiger partial charge in [-0.3, -0.25) is 9.69 Å². The summed E-state index contributed by atoms with van der Waals surface area (Å²) in [7, 11) is 1.88. The van der Waals surface area contributed by atoms with E-state index < -0.39 is 0 Å². The summed E-state index contributed by atoms with van der Waals surface area (Å²) in [5.74, 6) is 1.13. The summed E-state index contributed by atoms with van der Waals surface area (Å²) in [6.45, 7) is 7.63. The summed E-state index contributed by atoms with van der Waals surface area (Å²) in [4.78, 5) is 16.6. The highest BCUT2D eigenvalue weighted by Gasteiger charge is 2.24. The topological polar surface area (TPSA) is 44.8 Å². The fourth-order valence-electron chi connectivity index (χ4n) is 2.72. The van der Waals surface area contributed by atoms with E-state index in [0.717, 1.165) is 45.0 Å². The smallest absolute Gasteiger partial charge is 0.226 e. The molecule has 0 aromatic heterocycles. The van der Waals surface area contributed by atoms with Gasteiger partial charge in [-0.05, 0) is 31.3 Å². The number of carbonyl (C=O) groups excluding carboxylic acids is 1. The van der Waals surface area contributed by atoms with Crippen molar-refractivity contribution >= 4 is 17.5 Å². The second-order valence-electron chi connectivity index (χ2n) is 5.93. The van der Waals surface area contributed by atoms with Gasteiger partial charge in [-0.2, -0.15) is 0 Å². The number of hydrogen-bond donors (Lipinski definition) is 1. The highest BCUT2D eigenvalue weighted by molar-refractivity contribution is 6.30. The van der Waals surface area contributed by atoms with E-state index in [2.05, 4.69) is 10.2 Å². The lowest BCUT2D eigenvalue weighted by Crippen LogP contribution is -2.51. The molecule has 0 saturated carbocycles. The van der Waals surface area contributed by atoms with Crippen LogP contribution in [0.5, 0.6) is 5.75 Å². The quantitative estimate of drug-likeness (QED) is 0.821. The van der Waals surface area contributed by atoms with Crippen LogP contribution in [0.3, 0.4) is 0 Å². The minimum Gasteiger partial charge on any atom is -0.492 e. The Balaban J connectivity index is 1.66. The van der Waals surface area contributed by atoms with E-state index in [-0.39, 0.29) is 11.8 Å². The number of hydrogen-bond acceptors (Lipinski definition) is 4. The maximum absolute atomic E-state index is 12.3. The maximum atomic E-state index is 12.3. The normalized spacial score (nSPS) is 17.1. The highest BCUT2D eigenvalue weighted by atomic mass is 35.5. The van der Waals surface area contributed by atoms with Gasteiger partial charge in [0.1, 0.15) is 12.4 Å². The lowest BCUT2D eigenvalue weighted by Gasteiger charge is -2.35. The largest absolute Gasteiger partial charge is 0.492 e. The Bertz CT molecular complexity index is 487. The zero-order chi connectivity index (χ0) is 16.7. The standard InChI is InChI=1S/C17H26ClN3O2/c1-14(13-19-2)17(22)21-9-7-20(8-10-21)11-12-23-16-5-3-15(18)4-6-16/h3-6,14,19H,7-13H2,1-2H3. The fourth-order valence-corrected chi connectivity index (χ4v) is 2.85. The van der Waals surface area contributed by atoms with E-state index in [4.69, 9.17) is 16.3 Å². The van der Waals surface area contributed by atoms with Crippen molar-refractivity contribution in [1.82, 2.24) is 15.1 Å². The van der Waals surface area contributed by atoms with Crippen LogP contribution >= 0.6 is 11.6 Å². The van der Waals surface area contributed by atoms with Crippen molar-refractivity contribution in [2.75, 3.05) is 52.9 Å². The van der Waals surface area contributed by atoms with Gasteiger partial charge < -0.3 is 15.0 Å². The molecular weight excluding hydrogens is 314 g/mol. The Morgan fingerprint density at radius 2 is 1.91 bits per heavy atom. The lowest BCUT2D eigenvalue weighted by molar-refractivity contribution is -0.136. The molecule has 128 valence electrons. The molecule has 0 bridgehead atoms. The first-order chi connectivity index (χ1) is 11.1. The Hall–Kier alpha value is -1.30. The zero-order valence-corrected chi connectivity index (χ0v) is 14.7. The zero-order valence-electron chi connectivity index (χ0n) is 13.9. The number of rotatable bonds is 7. The predicted octanol–water partition coefficient (Wildman–Crippen LogP) is 1.72. The van der Waals surface area contributed by atoms with Crippen LogP contribution in [-0.2, 0) is 4.79 Å². The first-order valence-electron chi connectivity index (χ1n) is 8.14. The second kappa shape index (κ2) is 9.11. The Labute approximate surface area is 143 Å². The third-order valence-electron chi connectivity index (χ3n) is 4.11. The van der Waals surface area contributed by atoms with Gasteiger partial charge >= 0.3 is 0 Å². The van der Waals surface area contributed by atoms with Crippen LogP contribution in [0.25, 0.3) is 0 Å². The minimum atomic E-state index is 0.0415. The summed E-state index contributed by atoms with van der Waals surface area (Å²) in [6, 6.07) is 7.41. The molecule has 0 radical (unpaired) electrons. The number of halogens is 1. The first kappa shape index (κ1) is 18.0. The van der Waals surface area contributed by atoms with Crippen LogP contribution in [0.4, 0.5) is 0 Å². The van der Waals surface area contributed by atoms with Crippen LogP contribution in [0.1, 0.15) is 6.92 Å². The molecule has 1 saturated heterocycles. The van der Waals surface area contributed by atoms with Gasteiger partial charge in [0.15, 0.2) is 0 Å². The molecular formula is C17H26ClN3O2. The molecule has 1 aliphatic rings. The summed E-state index contributed by atoms with van der Waals surface area (Å²) in [5.41, 5.74) is 0. The first-order valence-corrected chi connectivity index (χ1v) is 8.52. The summed E-state index contributed by atoms with van der Waals surface area (Å²) >= 11 is 5.85. The van der Waals surface area contributed by atoms with Gasteiger partial charge in [0.25, 0.3) is 0 Å². The van der Waals surface area contributed by atoms with Gasteiger partial charge in [-0.25, -0.2) is 0 Å². The molecule has 1 aromatic carbocycles. The third-order valence-corrected chi connectivity index (χ3v) is 4.36. The van der Waals surface area contributed by atoms with E-state index in [1.54, 1.807) is 0 Å². The van der Waals surface area contributed by atoms with Crippen molar-refractivity contribution in [2.45, 2.75) is 6.92 Å². The maximum Gasteiger partial charge on any atom is 0.226 e. The molecule has 5 nitrogen and oxygen atoms in total. The van der Waals surface area contributed by atoms with Crippen molar-refractivity contribution in [2.24, 2.45) is 5.92 Å². The van der Waals surface area contributed by atoms with Crippen molar-refractivity contribution in [1.29, 1.82) is 0 Å². The Morgan fingerprint density at radius 3 is 2.52 bits per heavy atom. The molecule has 1 atom stereocenters. The van der Waals surface area contributed by atoms with Crippen LogP contribution in [-0.4, -0.2) is 68.6 Å². The molecule has 1 N–H and O–H groups in total. The van der Waals surface area contributed by atoms with E-state index in [1.165, 1.54) is 0 Å². The van der Waals surface area contributed by atoms with E-state index in [1.807, 2.05) is 43.1 Å². The Morgan fingerprint density at radius 1 is 1.26 bits per heavy atom. The van der Waals surface area contributed by atoms with Crippen molar-refractivity contribution in [3.63, 3.8) is 0 Å². The van der Waals surface area contributed by atoms with Gasteiger partial charge in [-0.1, -0.05) is 18.5 Å². The minimum absolute atomic E-state index is 0.0415. The van der Waals surface area contributed by atoms with E-state index in [0.29, 0.717) is 11.6 Å². The second-order valence-corrected chi connectivity index (χ2v) is 6.36. The summed E-state index contributed by atoms with van der Waals surface area (Å²) in [5, 5.41) is 3.77. The monoisotopic (exact) mass is 339 g/mol. The van der Waals surface area contributed by atoms with Crippen LogP contribution in [0.2, 0.25) is 5.02 Å². The average Bonchev–Trinajstić information content (AvgIpc) is 2.57. The number of piperazine rings is 1. The predicted molar refractivity (Wildman–Crippen MR) is 93.1 cm³/mol. The summed E-state index contributed by atoms with van der Waals surface area (Å²) < 4.78 is 5.72. The van der Waals surface area contributed by atoms with Gasteiger partial charge in [-0.15, -0.1) is 0 Å². The molecule has 6 heteroatoms. The number of nitrogens with one attached hydrogen (secondary N) is 1. The SMILES string of the molecule is CNCC(C)C(=O)N1CCN(CCOc2ccc(Cl)cc2)CC1. The van der Waals surface area contributed by atoms with E-state index >= 15 is 0 Å². The average molecular weight is 340 g/mol. The Kier molecular flexibility index (Phi) is 7.15. The van der Waals surface area contributed by atoms with Crippen LogP contribution in [0.15, 0.2) is 24.3 Å². The highest BCUT2D eigenvalue weighted by Crippen LogP contribution is 2.15. The molecule has 0 aliphatic carbocycles. The molecule has 1 aliphatic heterocycles. The number of carbonyl (C=O) groups is 1. The number of benzene rings is 1. The number of amides is 1.